The molecule has 0 spiro atoms. The summed E-state index contributed by atoms with van der Waals surface area (Å²) in [7, 11) is 0. The Bertz CT molecular complexity index is 406. The summed E-state index contributed by atoms with van der Waals surface area (Å²) >= 11 is 0. The molecule has 0 aliphatic carbocycles. The standard InChI is InChI=1S/C9H8F3N3/c1-6-4-8(9(10,11)12)3-2-7(6)5-14-15-13/h2-4H,5H2,1H3. The van der Waals surface area contributed by atoms with Gasteiger partial charge in [0, 0.05) is 4.91 Å². The van der Waals surface area contributed by atoms with Gasteiger partial charge in [-0.05, 0) is 35.7 Å². The molecule has 80 valence electrons. The van der Waals surface area contributed by atoms with E-state index in [-0.39, 0.29) is 6.54 Å². The highest BCUT2D eigenvalue weighted by molar-refractivity contribution is 5.32. The van der Waals surface area contributed by atoms with Crippen LogP contribution >= 0.6 is 0 Å². The molecule has 1 aromatic rings. The summed E-state index contributed by atoms with van der Waals surface area (Å²) in [6.07, 6.45) is -4.33. The Morgan fingerprint density at radius 1 is 1.40 bits per heavy atom. The maximum absolute atomic E-state index is 12.3. The Morgan fingerprint density at radius 2 is 2.07 bits per heavy atom. The van der Waals surface area contributed by atoms with Crippen LogP contribution in [0, 0.1) is 6.92 Å². The van der Waals surface area contributed by atoms with E-state index in [4.69, 9.17) is 5.53 Å². The smallest absolute Gasteiger partial charge is 0.166 e. The zero-order valence-electron chi connectivity index (χ0n) is 7.91. The van der Waals surface area contributed by atoms with E-state index in [0.29, 0.717) is 11.1 Å². The van der Waals surface area contributed by atoms with Gasteiger partial charge in [0.1, 0.15) is 0 Å². The second-order valence-corrected chi connectivity index (χ2v) is 3.03. The van der Waals surface area contributed by atoms with Crippen molar-refractivity contribution in [2.24, 2.45) is 5.11 Å². The average Bonchev–Trinajstić information content (AvgIpc) is 2.14. The molecule has 0 saturated heterocycles. The predicted molar refractivity (Wildman–Crippen MR) is 49.0 cm³/mol. The lowest BCUT2D eigenvalue weighted by Crippen LogP contribution is -2.05. The summed E-state index contributed by atoms with van der Waals surface area (Å²) in [5, 5.41) is 3.29. The number of hydrogen-bond donors (Lipinski definition) is 0. The number of alkyl halides is 3. The maximum atomic E-state index is 12.3. The molecule has 0 atom stereocenters. The van der Waals surface area contributed by atoms with Crippen molar-refractivity contribution in [1.82, 2.24) is 0 Å². The van der Waals surface area contributed by atoms with Gasteiger partial charge in [0.15, 0.2) is 0 Å². The maximum Gasteiger partial charge on any atom is 0.416 e. The van der Waals surface area contributed by atoms with Gasteiger partial charge in [-0.2, -0.15) is 13.2 Å². The van der Waals surface area contributed by atoms with Gasteiger partial charge in [0.25, 0.3) is 0 Å². The van der Waals surface area contributed by atoms with Crippen molar-refractivity contribution >= 4 is 0 Å². The molecule has 15 heavy (non-hydrogen) atoms. The number of benzene rings is 1. The van der Waals surface area contributed by atoms with Crippen LogP contribution in [0.25, 0.3) is 10.4 Å². The highest BCUT2D eigenvalue weighted by Gasteiger charge is 2.30. The van der Waals surface area contributed by atoms with Crippen LogP contribution in [-0.2, 0) is 12.7 Å². The van der Waals surface area contributed by atoms with Gasteiger partial charge in [0.2, 0.25) is 0 Å². The first-order chi connectivity index (χ1) is 6.95. The number of nitrogens with zero attached hydrogens (tertiary/aromatic N) is 3. The summed E-state index contributed by atoms with van der Waals surface area (Å²) in [5.74, 6) is 0. The van der Waals surface area contributed by atoms with Gasteiger partial charge in [-0.1, -0.05) is 11.2 Å². The van der Waals surface area contributed by atoms with Crippen LogP contribution in [0.3, 0.4) is 0 Å². The minimum absolute atomic E-state index is 0.0699. The summed E-state index contributed by atoms with van der Waals surface area (Å²) in [4.78, 5) is 2.55. The molecule has 3 nitrogen and oxygen atoms in total. The topological polar surface area (TPSA) is 48.8 Å². The molecule has 6 heteroatoms. The van der Waals surface area contributed by atoms with E-state index in [0.717, 1.165) is 12.1 Å². The average molecular weight is 215 g/mol. The molecule has 0 saturated carbocycles. The molecular weight excluding hydrogens is 207 g/mol. The van der Waals surface area contributed by atoms with Crippen LogP contribution < -0.4 is 0 Å². The number of aryl methyl sites for hydroxylation is 1. The van der Waals surface area contributed by atoms with Crippen molar-refractivity contribution in [3.8, 4) is 0 Å². The van der Waals surface area contributed by atoms with Crippen molar-refractivity contribution in [3.63, 3.8) is 0 Å². The third-order valence-corrected chi connectivity index (χ3v) is 1.97. The summed E-state index contributed by atoms with van der Waals surface area (Å²) in [6.45, 7) is 1.62. The van der Waals surface area contributed by atoms with Crippen LogP contribution in [0.2, 0.25) is 0 Å². The number of azide groups is 1. The van der Waals surface area contributed by atoms with Crippen molar-refractivity contribution in [3.05, 3.63) is 45.3 Å². The Kier molecular flexibility index (Phi) is 3.21. The van der Waals surface area contributed by atoms with Crippen LogP contribution in [0.5, 0.6) is 0 Å². The number of rotatable bonds is 2. The highest BCUT2D eigenvalue weighted by Crippen LogP contribution is 2.30. The van der Waals surface area contributed by atoms with Gasteiger partial charge in [-0.25, -0.2) is 0 Å². The molecule has 0 aliphatic heterocycles. The van der Waals surface area contributed by atoms with Crippen molar-refractivity contribution < 1.29 is 13.2 Å². The lowest BCUT2D eigenvalue weighted by Gasteiger charge is -2.09. The number of hydrogen-bond acceptors (Lipinski definition) is 1. The summed E-state index contributed by atoms with van der Waals surface area (Å²) in [6, 6.07) is 3.35. The molecule has 0 aliphatic rings. The third kappa shape index (κ3) is 2.89. The molecule has 0 radical (unpaired) electrons. The fraction of sp³-hybridized carbons (Fsp3) is 0.333. The molecule has 0 amide bonds. The van der Waals surface area contributed by atoms with Gasteiger partial charge in [-0.15, -0.1) is 0 Å². The van der Waals surface area contributed by atoms with Crippen LogP contribution in [0.4, 0.5) is 13.2 Å². The lowest BCUT2D eigenvalue weighted by molar-refractivity contribution is -0.137. The lowest BCUT2D eigenvalue weighted by atomic mass is 10.1. The van der Waals surface area contributed by atoms with E-state index < -0.39 is 11.7 Å². The normalized spacial score (nSPS) is 10.9. The molecular formula is C9H8F3N3. The number of halogens is 3. The van der Waals surface area contributed by atoms with E-state index in [1.54, 1.807) is 6.92 Å². The third-order valence-electron chi connectivity index (χ3n) is 1.97. The molecule has 0 unspecified atom stereocenters. The predicted octanol–water partition coefficient (Wildman–Crippen LogP) is 3.82. The second kappa shape index (κ2) is 4.23. The molecule has 0 bridgehead atoms. The quantitative estimate of drug-likeness (QED) is 0.409. The Labute approximate surface area is 84.2 Å². The second-order valence-electron chi connectivity index (χ2n) is 3.03. The van der Waals surface area contributed by atoms with Crippen molar-refractivity contribution in [2.75, 3.05) is 0 Å². The zero-order valence-corrected chi connectivity index (χ0v) is 7.91. The molecule has 0 N–H and O–H groups in total. The largest absolute Gasteiger partial charge is 0.416 e. The zero-order chi connectivity index (χ0) is 11.5. The van der Waals surface area contributed by atoms with Gasteiger partial charge in [-0.3, -0.25) is 0 Å². The van der Waals surface area contributed by atoms with Crippen molar-refractivity contribution in [1.29, 1.82) is 0 Å². The molecule has 0 fully saturated rings. The highest BCUT2D eigenvalue weighted by atomic mass is 19.4. The molecule has 0 aromatic heterocycles. The fourth-order valence-electron chi connectivity index (χ4n) is 1.16. The molecule has 0 heterocycles. The van der Waals surface area contributed by atoms with E-state index >= 15 is 0 Å². The SMILES string of the molecule is Cc1cc(C(F)(F)F)ccc1CN=[N+]=[N-]. The Morgan fingerprint density at radius 3 is 2.53 bits per heavy atom. The van der Waals surface area contributed by atoms with Crippen molar-refractivity contribution in [2.45, 2.75) is 19.6 Å². The first-order valence-electron chi connectivity index (χ1n) is 4.12. The van der Waals surface area contributed by atoms with Gasteiger partial charge in [0.05, 0.1) is 12.1 Å². The van der Waals surface area contributed by atoms with Crippen LogP contribution in [0.15, 0.2) is 23.3 Å². The van der Waals surface area contributed by atoms with Gasteiger partial charge < -0.3 is 0 Å². The van der Waals surface area contributed by atoms with E-state index in [1.807, 2.05) is 0 Å². The summed E-state index contributed by atoms with van der Waals surface area (Å²) < 4.78 is 36.8. The Hall–Kier alpha value is -1.68. The van der Waals surface area contributed by atoms with Gasteiger partial charge >= 0.3 is 6.18 Å². The summed E-state index contributed by atoms with van der Waals surface area (Å²) in [5.41, 5.74) is 8.46. The van der Waals surface area contributed by atoms with E-state index in [9.17, 15) is 13.2 Å². The minimum atomic E-state index is -4.33. The van der Waals surface area contributed by atoms with E-state index in [2.05, 4.69) is 10.0 Å². The van der Waals surface area contributed by atoms with Crippen LogP contribution in [-0.4, -0.2) is 0 Å². The molecule has 1 aromatic carbocycles. The minimum Gasteiger partial charge on any atom is -0.166 e. The van der Waals surface area contributed by atoms with E-state index in [1.165, 1.54) is 6.07 Å². The first-order valence-corrected chi connectivity index (χ1v) is 4.12. The Balaban J connectivity index is 3.03. The fourth-order valence-corrected chi connectivity index (χ4v) is 1.16. The monoisotopic (exact) mass is 215 g/mol. The first kappa shape index (κ1) is 11.4. The van der Waals surface area contributed by atoms with Crippen LogP contribution in [0.1, 0.15) is 16.7 Å². The molecule has 1 rings (SSSR count).